The van der Waals surface area contributed by atoms with E-state index in [1.165, 1.54) is 36.7 Å². The summed E-state index contributed by atoms with van der Waals surface area (Å²) in [5, 5.41) is 7.60. The van der Waals surface area contributed by atoms with Gasteiger partial charge in [0.2, 0.25) is 0 Å². The largest absolute Gasteiger partial charge is 0.493 e. The number of benzene rings is 1. The molecule has 1 aromatic carbocycles. The number of carbonyl (C=O) groups is 1. The number of alkyl halides is 3. The van der Waals surface area contributed by atoms with E-state index in [1.54, 1.807) is 17.5 Å². The smallest absolute Gasteiger partial charge is 0.420 e. The molecule has 2 aromatic heterocycles. The predicted octanol–water partition coefficient (Wildman–Crippen LogP) is 5.90. The van der Waals surface area contributed by atoms with Gasteiger partial charge < -0.3 is 15.4 Å². The van der Waals surface area contributed by atoms with Crippen LogP contribution in [0.5, 0.6) is 5.75 Å². The quantitative estimate of drug-likeness (QED) is 0.386. The van der Waals surface area contributed by atoms with E-state index in [2.05, 4.69) is 20.6 Å². The molecule has 0 saturated carbocycles. The van der Waals surface area contributed by atoms with Crippen LogP contribution >= 0.6 is 11.3 Å². The summed E-state index contributed by atoms with van der Waals surface area (Å²) in [5.41, 5.74) is 0.993. The molecule has 3 aromatic rings. The molecule has 0 saturated heterocycles. The molecule has 0 aliphatic carbocycles. The predicted molar refractivity (Wildman–Crippen MR) is 118 cm³/mol. The molecule has 0 aliphatic heterocycles. The molecule has 2 N–H and O–H groups in total. The third-order valence-corrected chi connectivity index (χ3v) is 5.32. The minimum atomic E-state index is -4.54. The molecule has 6 nitrogen and oxygen atoms in total. The molecule has 0 bridgehead atoms. The Morgan fingerprint density at radius 1 is 1.19 bits per heavy atom. The molecule has 10 heteroatoms. The first-order chi connectivity index (χ1) is 15.3. The van der Waals surface area contributed by atoms with Crippen LogP contribution in [-0.4, -0.2) is 29.5 Å². The second kappa shape index (κ2) is 10.4. The first-order valence-electron chi connectivity index (χ1n) is 10.1. The monoisotopic (exact) mass is 464 g/mol. The molecule has 0 atom stereocenters. The number of thiazole rings is 1. The zero-order chi connectivity index (χ0) is 23.1. The number of pyridine rings is 1. The van der Waals surface area contributed by atoms with Gasteiger partial charge in [0.05, 0.1) is 17.9 Å². The van der Waals surface area contributed by atoms with Crippen molar-refractivity contribution in [2.75, 3.05) is 19.0 Å². The number of hydrogen-bond donors (Lipinski definition) is 2. The summed E-state index contributed by atoms with van der Waals surface area (Å²) < 4.78 is 46.0. The Bertz CT molecular complexity index is 1050. The fourth-order valence-electron chi connectivity index (χ4n) is 2.88. The summed E-state index contributed by atoms with van der Waals surface area (Å²) in [6.07, 6.45) is -0.450. The van der Waals surface area contributed by atoms with Gasteiger partial charge in [0.1, 0.15) is 11.4 Å². The van der Waals surface area contributed by atoms with Gasteiger partial charge in [-0.25, -0.2) is 4.98 Å². The highest BCUT2D eigenvalue weighted by Crippen LogP contribution is 2.39. The molecule has 0 spiro atoms. The molecule has 3 rings (SSSR count). The van der Waals surface area contributed by atoms with E-state index >= 15 is 0 Å². The molecule has 0 unspecified atom stereocenters. The van der Waals surface area contributed by atoms with E-state index in [0.29, 0.717) is 22.8 Å². The molecule has 32 heavy (non-hydrogen) atoms. The van der Waals surface area contributed by atoms with Crippen molar-refractivity contribution in [2.24, 2.45) is 0 Å². The molecule has 0 aliphatic rings. The Morgan fingerprint density at radius 3 is 2.66 bits per heavy atom. The molecular formula is C22H23F3N4O2S. The van der Waals surface area contributed by atoms with Crippen molar-refractivity contribution in [2.45, 2.75) is 32.4 Å². The van der Waals surface area contributed by atoms with Crippen LogP contribution in [0.3, 0.4) is 0 Å². The number of halogens is 3. The number of ether oxygens (including phenoxy) is 1. The normalized spacial score (nSPS) is 11.3. The van der Waals surface area contributed by atoms with Crippen molar-refractivity contribution in [3.63, 3.8) is 0 Å². The fraction of sp³-hybridized carbons (Fsp3) is 0.318. The Balaban J connectivity index is 1.74. The van der Waals surface area contributed by atoms with Crippen LogP contribution in [0.25, 0.3) is 11.3 Å². The Morgan fingerprint density at radius 2 is 2.00 bits per heavy atom. The number of nitrogens with zero attached hydrogens (tertiary/aromatic N) is 2. The molecule has 0 fully saturated rings. The molecular weight excluding hydrogens is 441 g/mol. The Kier molecular flexibility index (Phi) is 7.68. The van der Waals surface area contributed by atoms with E-state index in [-0.39, 0.29) is 29.6 Å². The van der Waals surface area contributed by atoms with Crippen LogP contribution in [0.4, 0.5) is 24.0 Å². The third-order valence-electron chi connectivity index (χ3n) is 4.56. The van der Waals surface area contributed by atoms with Gasteiger partial charge in [-0.15, -0.1) is 11.3 Å². The fourth-order valence-corrected chi connectivity index (χ4v) is 3.62. The van der Waals surface area contributed by atoms with Gasteiger partial charge in [-0.1, -0.05) is 19.8 Å². The average molecular weight is 465 g/mol. The maximum absolute atomic E-state index is 13.5. The standard InChI is InChI=1S/C22H23F3N4O2S/c1-3-4-5-10-31-19-9-7-15(11-16(19)22(23,24)25)28-21-29-18(13-32-21)14-6-8-17(27-12-14)20(30)26-2/h6-9,11-13H,3-5,10H2,1-2H3,(H,26,30)(H,28,29). The zero-order valence-corrected chi connectivity index (χ0v) is 18.4. The van der Waals surface area contributed by atoms with Crippen molar-refractivity contribution < 1.29 is 22.7 Å². The maximum Gasteiger partial charge on any atom is 0.420 e. The minimum Gasteiger partial charge on any atom is -0.493 e. The van der Waals surface area contributed by atoms with Crippen molar-refractivity contribution >= 4 is 28.1 Å². The van der Waals surface area contributed by atoms with Crippen molar-refractivity contribution in [1.29, 1.82) is 0 Å². The highest BCUT2D eigenvalue weighted by atomic mass is 32.1. The topological polar surface area (TPSA) is 76.1 Å². The summed E-state index contributed by atoms with van der Waals surface area (Å²) in [6.45, 7) is 2.26. The van der Waals surface area contributed by atoms with E-state index in [1.807, 2.05) is 6.92 Å². The van der Waals surface area contributed by atoms with E-state index in [4.69, 9.17) is 4.74 Å². The van der Waals surface area contributed by atoms with Gasteiger partial charge in [0.15, 0.2) is 5.13 Å². The highest BCUT2D eigenvalue weighted by Gasteiger charge is 2.34. The summed E-state index contributed by atoms with van der Waals surface area (Å²) in [7, 11) is 1.52. The van der Waals surface area contributed by atoms with Crippen molar-refractivity contribution in [3.8, 4) is 17.0 Å². The SMILES string of the molecule is CCCCCOc1ccc(Nc2nc(-c3ccc(C(=O)NC)nc3)cs2)cc1C(F)(F)F. The van der Waals surface area contributed by atoms with E-state index in [9.17, 15) is 18.0 Å². The average Bonchev–Trinajstić information content (AvgIpc) is 3.24. The Labute approximate surface area is 187 Å². The number of amides is 1. The van der Waals surface area contributed by atoms with Crippen LogP contribution in [0.1, 0.15) is 42.2 Å². The van der Waals surface area contributed by atoms with E-state index < -0.39 is 11.7 Å². The first kappa shape index (κ1) is 23.5. The van der Waals surface area contributed by atoms with Crippen LogP contribution in [0, 0.1) is 0 Å². The summed E-state index contributed by atoms with van der Waals surface area (Å²) >= 11 is 1.25. The van der Waals surface area contributed by atoms with Gasteiger partial charge in [-0.3, -0.25) is 9.78 Å². The second-order valence-corrected chi connectivity index (χ2v) is 7.80. The second-order valence-electron chi connectivity index (χ2n) is 6.94. The van der Waals surface area contributed by atoms with Gasteiger partial charge in [-0.2, -0.15) is 13.2 Å². The minimum absolute atomic E-state index is 0.179. The third kappa shape index (κ3) is 5.97. The van der Waals surface area contributed by atoms with Crippen LogP contribution in [0.2, 0.25) is 0 Å². The van der Waals surface area contributed by atoms with Gasteiger partial charge in [-0.05, 0) is 36.8 Å². The maximum atomic E-state index is 13.5. The lowest BCUT2D eigenvalue weighted by Crippen LogP contribution is -2.18. The van der Waals surface area contributed by atoms with Gasteiger partial charge >= 0.3 is 6.18 Å². The number of hydrogen-bond acceptors (Lipinski definition) is 6. The highest BCUT2D eigenvalue weighted by molar-refractivity contribution is 7.14. The van der Waals surface area contributed by atoms with Crippen LogP contribution in [-0.2, 0) is 6.18 Å². The van der Waals surface area contributed by atoms with Crippen LogP contribution < -0.4 is 15.4 Å². The van der Waals surface area contributed by atoms with Gasteiger partial charge in [0.25, 0.3) is 5.91 Å². The van der Waals surface area contributed by atoms with E-state index in [0.717, 1.165) is 18.9 Å². The number of nitrogens with one attached hydrogen (secondary N) is 2. The molecule has 0 radical (unpaired) electrons. The lowest BCUT2D eigenvalue weighted by atomic mass is 10.1. The summed E-state index contributed by atoms with van der Waals surface area (Å²) in [6, 6.07) is 7.17. The van der Waals surface area contributed by atoms with Crippen molar-refractivity contribution in [1.82, 2.24) is 15.3 Å². The number of unbranched alkanes of at least 4 members (excludes halogenated alkanes) is 2. The number of aromatic nitrogens is 2. The summed E-state index contributed by atoms with van der Waals surface area (Å²) in [4.78, 5) is 20.1. The molecule has 170 valence electrons. The summed E-state index contributed by atoms with van der Waals surface area (Å²) in [5.74, 6) is -0.475. The first-order valence-corrected chi connectivity index (χ1v) is 10.9. The number of carbonyl (C=O) groups excluding carboxylic acids is 1. The number of anilines is 2. The number of rotatable bonds is 9. The lowest BCUT2D eigenvalue weighted by Gasteiger charge is -2.15. The lowest BCUT2D eigenvalue weighted by molar-refractivity contribution is -0.138. The zero-order valence-electron chi connectivity index (χ0n) is 17.6. The Hall–Kier alpha value is -3.14. The van der Waals surface area contributed by atoms with Crippen LogP contribution in [0.15, 0.2) is 41.9 Å². The van der Waals surface area contributed by atoms with Crippen molar-refractivity contribution in [3.05, 3.63) is 53.2 Å². The van der Waals surface area contributed by atoms with Gasteiger partial charge in [0, 0.05) is 29.9 Å². The molecule has 1 amide bonds. The molecule has 2 heterocycles.